The van der Waals surface area contributed by atoms with Crippen LogP contribution in [0, 0.1) is 10.1 Å². The van der Waals surface area contributed by atoms with E-state index < -0.39 is 10.9 Å². The van der Waals surface area contributed by atoms with Crippen molar-refractivity contribution in [1.82, 2.24) is 4.98 Å². The minimum Gasteiger partial charge on any atom is -0.461 e. The summed E-state index contributed by atoms with van der Waals surface area (Å²) < 4.78 is 10.7. The smallest absolute Gasteiger partial charge is 0.361 e. The highest BCUT2D eigenvalue weighted by Gasteiger charge is 2.28. The first-order valence-electron chi connectivity index (χ1n) is 7.69. The summed E-state index contributed by atoms with van der Waals surface area (Å²) in [5.41, 5.74) is 0.404. The molecule has 0 aliphatic heterocycles. The van der Waals surface area contributed by atoms with Gasteiger partial charge < -0.3 is 9.15 Å². The van der Waals surface area contributed by atoms with Crippen molar-refractivity contribution in [3.8, 4) is 22.8 Å². The number of ether oxygens (including phenoxy) is 1. The van der Waals surface area contributed by atoms with Crippen LogP contribution in [-0.2, 0) is 4.74 Å². The highest BCUT2D eigenvalue weighted by molar-refractivity contribution is 6.30. The fourth-order valence-electron chi connectivity index (χ4n) is 2.38. The molecule has 0 amide bonds. The maximum atomic E-state index is 12.3. The van der Waals surface area contributed by atoms with E-state index in [0.29, 0.717) is 10.6 Å². The lowest BCUT2D eigenvalue weighted by atomic mass is 10.1. The Kier molecular flexibility index (Phi) is 4.99. The zero-order valence-electron chi connectivity index (χ0n) is 13.6. The molecule has 3 aromatic rings. The van der Waals surface area contributed by atoms with Gasteiger partial charge in [0, 0.05) is 16.7 Å². The first-order valence-corrected chi connectivity index (χ1v) is 8.06. The molecule has 0 N–H and O–H groups in total. The number of oxazole rings is 1. The van der Waals surface area contributed by atoms with Crippen molar-refractivity contribution in [2.75, 3.05) is 6.61 Å². The minimum absolute atomic E-state index is 0.0132. The van der Waals surface area contributed by atoms with Gasteiger partial charge in [0.1, 0.15) is 0 Å². The number of hydrogen-bond donors (Lipinski definition) is 0. The Morgan fingerprint density at radius 2 is 1.92 bits per heavy atom. The van der Waals surface area contributed by atoms with Crippen LogP contribution in [-0.4, -0.2) is 22.5 Å². The number of esters is 1. The molecule has 0 unspecified atom stereocenters. The zero-order chi connectivity index (χ0) is 18.7. The average molecular weight is 373 g/mol. The SMILES string of the molecule is CCOC(=O)c1nc(-c2ccc(Cl)cc2)oc1-c1ccccc1[N+](=O)[O-]. The summed E-state index contributed by atoms with van der Waals surface area (Å²) in [5, 5.41) is 11.9. The van der Waals surface area contributed by atoms with Crippen LogP contribution in [0.3, 0.4) is 0 Å². The van der Waals surface area contributed by atoms with E-state index in [2.05, 4.69) is 4.98 Å². The maximum absolute atomic E-state index is 12.3. The van der Waals surface area contributed by atoms with Gasteiger partial charge >= 0.3 is 5.97 Å². The predicted octanol–water partition coefficient (Wildman–Crippen LogP) is 4.75. The largest absolute Gasteiger partial charge is 0.461 e. The van der Waals surface area contributed by atoms with Crippen molar-refractivity contribution in [2.45, 2.75) is 6.92 Å². The van der Waals surface area contributed by atoms with Crippen LogP contribution in [0.5, 0.6) is 0 Å². The second-order valence-electron chi connectivity index (χ2n) is 5.20. The van der Waals surface area contributed by atoms with Gasteiger partial charge in [0.25, 0.3) is 5.69 Å². The van der Waals surface area contributed by atoms with Gasteiger partial charge in [-0.1, -0.05) is 23.7 Å². The molecule has 132 valence electrons. The fraction of sp³-hybridized carbons (Fsp3) is 0.111. The number of hydrogen-bond acceptors (Lipinski definition) is 6. The Labute approximate surface area is 153 Å². The fourth-order valence-corrected chi connectivity index (χ4v) is 2.51. The molecule has 0 aliphatic carbocycles. The number of rotatable bonds is 5. The van der Waals surface area contributed by atoms with Crippen LogP contribution in [0.15, 0.2) is 52.9 Å². The number of aromatic nitrogens is 1. The molecular weight excluding hydrogens is 360 g/mol. The normalized spacial score (nSPS) is 10.5. The zero-order valence-corrected chi connectivity index (χ0v) is 14.4. The third kappa shape index (κ3) is 3.43. The van der Waals surface area contributed by atoms with E-state index in [0.717, 1.165) is 0 Å². The van der Waals surface area contributed by atoms with Gasteiger partial charge in [-0.3, -0.25) is 10.1 Å². The lowest BCUT2D eigenvalue weighted by molar-refractivity contribution is -0.384. The number of nitro benzene ring substituents is 1. The highest BCUT2D eigenvalue weighted by Crippen LogP contribution is 2.35. The Morgan fingerprint density at radius 1 is 1.23 bits per heavy atom. The summed E-state index contributed by atoms with van der Waals surface area (Å²) in [5.74, 6) is -0.594. The molecule has 0 spiro atoms. The van der Waals surface area contributed by atoms with Gasteiger partial charge in [0.2, 0.25) is 5.89 Å². The third-order valence-corrected chi connectivity index (χ3v) is 3.78. The van der Waals surface area contributed by atoms with E-state index in [-0.39, 0.29) is 35.2 Å². The van der Waals surface area contributed by atoms with Crippen LogP contribution in [0.1, 0.15) is 17.4 Å². The lowest BCUT2D eigenvalue weighted by Gasteiger charge is -2.02. The van der Waals surface area contributed by atoms with Gasteiger partial charge in [0.15, 0.2) is 11.5 Å². The quantitative estimate of drug-likeness (QED) is 0.364. The van der Waals surface area contributed by atoms with Crippen molar-refractivity contribution >= 4 is 23.3 Å². The molecule has 0 radical (unpaired) electrons. The first-order chi connectivity index (χ1) is 12.5. The molecule has 0 saturated heterocycles. The van der Waals surface area contributed by atoms with Crippen LogP contribution in [0.25, 0.3) is 22.8 Å². The maximum Gasteiger partial charge on any atom is 0.361 e. The molecule has 0 fully saturated rings. The van der Waals surface area contributed by atoms with E-state index in [9.17, 15) is 14.9 Å². The van der Waals surface area contributed by atoms with Crippen molar-refractivity contribution in [3.63, 3.8) is 0 Å². The van der Waals surface area contributed by atoms with Crippen LogP contribution < -0.4 is 0 Å². The topological polar surface area (TPSA) is 95.5 Å². The molecule has 26 heavy (non-hydrogen) atoms. The Bertz CT molecular complexity index is 966. The summed E-state index contributed by atoms with van der Waals surface area (Å²) in [7, 11) is 0. The van der Waals surface area contributed by atoms with Gasteiger partial charge in [0.05, 0.1) is 17.1 Å². The van der Waals surface area contributed by atoms with E-state index in [1.165, 1.54) is 18.2 Å². The Balaban J connectivity index is 2.19. The van der Waals surface area contributed by atoms with E-state index >= 15 is 0 Å². The number of nitrogens with zero attached hydrogens (tertiary/aromatic N) is 2. The second kappa shape index (κ2) is 7.37. The predicted molar refractivity (Wildman–Crippen MR) is 95.0 cm³/mol. The molecule has 0 saturated carbocycles. The van der Waals surface area contributed by atoms with Gasteiger partial charge in [-0.05, 0) is 37.3 Å². The van der Waals surface area contributed by atoms with E-state index in [4.69, 9.17) is 20.8 Å². The van der Waals surface area contributed by atoms with E-state index in [1.807, 2.05) is 0 Å². The number of halogens is 1. The molecule has 0 aliphatic rings. The van der Waals surface area contributed by atoms with E-state index in [1.54, 1.807) is 37.3 Å². The summed E-state index contributed by atoms with van der Waals surface area (Å²) in [6.07, 6.45) is 0. The molecule has 7 nitrogen and oxygen atoms in total. The molecule has 1 aromatic heterocycles. The number of carbonyl (C=O) groups excluding carboxylic acids is 1. The molecule has 0 atom stereocenters. The highest BCUT2D eigenvalue weighted by atomic mass is 35.5. The number of benzene rings is 2. The van der Waals surface area contributed by atoms with Crippen molar-refractivity contribution in [3.05, 3.63) is 69.4 Å². The Hall–Kier alpha value is -3.19. The standard InChI is InChI=1S/C18H13ClN2O5/c1-2-25-18(22)15-16(13-5-3-4-6-14(13)21(23)24)26-17(20-15)11-7-9-12(19)10-8-11/h3-10H,2H2,1H3. The molecule has 1 heterocycles. The van der Waals surface area contributed by atoms with Crippen LogP contribution in [0.4, 0.5) is 5.69 Å². The van der Waals surface area contributed by atoms with Crippen molar-refractivity contribution in [2.24, 2.45) is 0 Å². The number of nitro groups is 1. The number of carbonyl (C=O) groups is 1. The molecule has 3 rings (SSSR count). The summed E-state index contributed by atoms with van der Waals surface area (Å²) >= 11 is 5.88. The Morgan fingerprint density at radius 3 is 2.58 bits per heavy atom. The van der Waals surface area contributed by atoms with Crippen molar-refractivity contribution < 1.29 is 18.9 Å². The van der Waals surface area contributed by atoms with Gasteiger partial charge in [-0.25, -0.2) is 9.78 Å². The van der Waals surface area contributed by atoms with Crippen LogP contribution in [0.2, 0.25) is 5.02 Å². The lowest BCUT2D eigenvalue weighted by Crippen LogP contribution is -2.07. The molecule has 0 bridgehead atoms. The average Bonchev–Trinajstić information content (AvgIpc) is 3.08. The first kappa shape index (κ1) is 17.6. The molecular formula is C18H13ClN2O5. The summed E-state index contributed by atoms with van der Waals surface area (Å²) in [6, 6.07) is 12.6. The molecule has 8 heteroatoms. The van der Waals surface area contributed by atoms with Crippen molar-refractivity contribution in [1.29, 1.82) is 0 Å². The minimum atomic E-state index is -0.718. The summed E-state index contributed by atoms with van der Waals surface area (Å²) in [4.78, 5) is 27.3. The monoisotopic (exact) mass is 372 g/mol. The number of para-hydroxylation sites is 1. The third-order valence-electron chi connectivity index (χ3n) is 3.53. The molecule has 2 aromatic carbocycles. The second-order valence-corrected chi connectivity index (χ2v) is 5.63. The van der Waals surface area contributed by atoms with Gasteiger partial charge in [-0.2, -0.15) is 0 Å². The van der Waals surface area contributed by atoms with Crippen LogP contribution >= 0.6 is 11.6 Å². The summed E-state index contributed by atoms with van der Waals surface area (Å²) in [6.45, 7) is 1.79. The van der Waals surface area contributed by atoms with Gasteiger partial charge in [-0.15, -0.1) is 0 Å².